The lowest BCUT2D eigenvalue weighted by Crippen LogP contribution is -2.04. The van der Waals surface area contributed by atoms with Crippen molar-refractivity contribution in [1.82, 2.24) is 0 Å². The van der Waals surface area contributed by atoms with Gasteiger partial charge in [0, 0.05) is 18.3 Å². The van der Waals surface area contributed by atoms with Gasteiger partial charge in [-0.3, -0.25) is 10.1 Å². The van der Waals surface area contributed by atoms with E-state index in [1.807, 2.05) is 0 Å². The molecule has 6 heteroatoms. The molecule has 0 aromatic heterocycles. The van der Waals surface area contributed by atoms with Gasteiger partial charge in [-0.1, -0.05) is 23.7 Å². The molecule has 0 fully saturated rings. The van der Waals surface area contributed by atoms with Crippen molar-refractivity contribution in [2.24, 2.45) is 0 Å². The van der Waals surface area contributed by atoms with Crippen LogP contribution < -0.4 is 5.32 Å². The van der Waals surface area contributed by atoms with Crippen LogP contribution in [0, 0.1) is 15.9 Å². The molecule has 0 atom stereocenters. The third-order valence-corrected chi connectivity index (χ3v) is 2.94. The van der Waals surface area contributed by atoms with E-state index in [1.54, 1.807) is 18.2 Å². The fourth-order valence-electron chi connectivity index (χ4n) is 1.68. The zero-order valence-corrected chi connectivity index (χ0v) is 10.5. The Labute approximate surface area is 114 Å². The topological polar surface area (TPSA) is 55.2 Å². The van der Waals surface area contributed by atoms with Crippen LogP contribution in [0.3, 0.4) is 0 Å². The van der Waals surface area contributed by atoms with Crippen LogP contribution in [0.5, 0.6) is 0 Å². The Morgan fingerprint density at radius 2 is 2.00 bits per heavy atom. The molecule has 2 aromatic carbocycles. The van der Waals surface area contributed by atoms with E-state index in [-0.39, 0.29) is 18.0 Å². The molecule has 98 valence electrons. The predicted octanol–water partition coefficient (Wildman–Crippen LogP) is 4.00. The highest BCUT2D eigenvalue weighted by atomic mass is 35.5. The summed E-state index contributed by atoms with van der Waals surface area (Å²) in [6, 6.07) is 10.3. The van der Waals surface area contributed by atoms with Gasteiger partial charge in [-0.25, -0.2) is 4.39 Å². The number of nitro benzene ring substituents is 1. The molecule has 0 aliphatic carbocycles. The number of rotatable bonds is 4. The molecule has 19 heavy (non-hydrogen) atoms. The van der Waals surface area contributed by atoms with Crippen molar-refractivity contribution >= 4 is 23.0 Å². The Morgan fingerprint density at radius 3 is 2.68 bits per heavy atom. The average molecular weight is 281 g/mol. The summed E-state index contributed by atoms with van der Waals surface area (Å²) in [4.78, 5) is 10.4. The lowest BCUT2D eigenvalue weighted by atomic mass is 10.1. The lowest BCUT2D eigenvalue weighted by molar-refractivity contribution is -0.385. The molecule has 1 N–H and O–H groups in total. The van der Waals surface area contributed by atoms with Crippen LogP contribution in [0.15, 0.2) is 42.5 Å². The van der Waals surface area contributed by atoms with Crippen molar-refractivity contribution in [2.45, 2.75) is 6.54 Å². The van der Waals surface area contributed by atoms with E-state index in [1.165, 1.54) is 24.3 Å². The number of nitro groups is 1. The second-order valence-electron chi connectivity index (χ2n) is 3.86. The molecule has 0 aliphatic heterocycles. The molecule has 0 saturated carbocycles. The molecule has 2 aromatic rings. The Bertz CT molecular complexity index is 619. The van der Waals surface area contributed by atoms with Crippen LogP contribution in [-0.4, -0.2) is 4.92 Å². The largest absolute Gasteiger partial charge is 0.381 e. The molecule has 0 saturated heterocycles. The van der Waals surface area contributed by atoms with Crippen LogP contribution in [0.1, 0.15) is 5.56 Å². The number of hydrogen-bond acceptors (Lipinski definition) is 3. The number of benzene rings is 2. The Hall–Kier alpha value is -2.14. The SMILES string of the molecule is O=[N+]([O-])c1cccc(Cl)c1CNc1cccc(F)c1. The van der Waals surface area contributed by atoms with Crippen LogP contribution in [0.2, 0.25) is 5.02 Å². The highest BCUT2D eigenvalue weighted by Gasteiger charge is 2.16. The highest BCUT2D eigenvalue weighted by Crippen LogP contribution is 2.27. The minimum atomic E-state index is -0.492. The quantitative estimate of drug-likeness (QED) is 0.680. The molecule has 0 spiro atoms. The van der Waals surface area contributed by atoms with E-state index in [2.05, 4.69) is 5.32 Å². The molecule has 2 rings (SSSR count). The summed E-state index contributed by atoms with van der Waals surface area (Å²) >= 11 is 5.95. The van der Waals surface area contributed by atoms with Gasteiger partial charge in [-0.05, 0) is 24.3 Å². The number of halogens is 2. The van der Waals surface area contributed by atoms with E-state index in [9.17, 15) is 14.5 Å². The third-order valence-electron chi connectivity index (χ3n) is 2.58. The van der Waals surface area contributed by atoms with Crippen LogP contribution >= 0.6 is 11.6 Å². The molecule has 0 unspecified atom stereocenters. The fourth-order valence-corrected chi connectivity index (χ4v) is 1.92. The summed E-state index contributed by atoms with van der Waals surface area (Å²) in [5.41, 5.74) is 0.851. The fraction of sp³-hybridized carbons (Fsp3) is 0.0769. The normalized spacial score (nSPS) is 10.2. The second-order valence-corrected chi connectivity index (χ2v) is 4.27. The Kier molecular flexibility index (Phi) is 3.97. The standard InChI is InChI=1S/C13H10ClFN2O2/c14-12-5-2-6-13(17(18)19)11(12)8-16-10-4-1-3-9(15)7-10/h1-7,16H,8H2. The van der Waals surface area contributed by atoms with Crippen molar-refractivity contribution in [1.29, 1.82) is 0 Å². The third kappa shape index (κ3) is 3.20. The van der Waals surface area contributed by atoms with Gasteiger partial charge in [0.05, 0.1) is 15.5 Å². The first-order valence-corrected chi connectivity index (χ1v) is 5.87. The number of hydrogen-bond donors (Lipinski definition) is 1. The van der Waals surface area contributed by atoms with Gasteiger partial charge >= 0.3 is 0 Å². The maximum absolute atomic E-state index is 13.0. The lowest BCUT2D eigenvalue weighted by Gasteiger charge is -2.08. The van der Waals surface area contributed by atoms with E-state index in [4.69, 9.17) is 11.6 Å². The number of nitrogens with one attached hydrogen (secondary N) is 1. The maximum Gasteiger partial charge on any atom is 0.275 e. The molecule has 0 amide bonds. The highest BCUT2D eigenvalue weighted by molar-refractivity contribution is 6.31. The molecule has 4 nitrogen and oxygen atoms in total. The first-order chi connectivity index (χ1) is 9.08. The second kappa shape index (κ2) is 5.67. The van der Waals surface area contributed by atoms with E-state index in [0.717, 1.165) is 0 Å². The number of nitrogens with zero attached hydrogens (tertiary/aromatic N) is 1. The molecule has 0 heterocycles. The van der Waals surface area contributed by atoms with Crippen LogP contribution in [0.25, 0.3) is 0 Å². The molecule has 0 bridgehead atoms. The zero-order chi connectivity index (χ0) is 13.8. The smallest absolute Gasteiger partial charge is 0.275 e. The van der Waals surface area contributed by atoms with Gasteiger partial charge in [-0.2, -0.15) is 0 Å². The van der Waals surface area contributed by atoms with Crippen molar-refractivity contribution < 1.29 is 9.31 Å². The van der Waals surface area contributed by atoms with E-state index in [0.29, 0.717) is 16.3 Å². The predicted molar refractivity (Wildman–Crippen MR) is 71.8 cm³/mol. The summed E-state index contributed by atoms with van der Waals surface area (Å²) in [6.45, 7) is 0.152. The van der Waals surface area contributed by atoms with E-state index >= 15 is 0 Å². The summed E-state index contributed by atoms with van der Waals surface area (Å²) in [6.07, 6.45) is 0. The first kappa shape index (κ1) is 13.3. The molecular weight excluding hydrogens is 271 g/mol. The monoisotopic (exact) mass is 280 g/mol. The number of anilines is 1. The van der Waals surface area contributed by atoms with Gasteiger partial charge in [0.2, 0.25) is 0 Å². The molecular formula is C13H10ClFN2O2. The van der Waals surface area contributed by atoms with Gasteiger partial charge in [0.25, 0.3) is 5.69 Å². The van der Waals surface area contributed by atoms with Crippen molar-refractivity contribution in [2.75, 3.05) is 5.32 Å². The maximum atomic E-state index is 13.0. The van der Waals surface area contributed by atoms with Crippen molar-refractivity contribution in [3.63, 3.8) is 0 Å². The summed E-state index contributed by atoms with van der Waals surface area (Å²) < 4.78 is 13.0. The Balaban J connectivity index is 2.22. The summed E-state index contributed by atoms with van der Waals surface area (Å²) in [5, 5.41) is 14.1. The first-order valence-electron chi connectivity index (χ1n) is 5.49. The zero-order valence-electron chi connectivity index (χ0n) is 9.77. The summed E-state index contributed by atoms with van der Waals surface area (Å²) in [5.74, 6) is -0.376. The molecule has 0 aliphatic rings. The van der Waals surface area contributed by atoms with Crippen LogP contribution in [-0.2, 0) is 6.54 Å². The van der Waals surface area contributed by atoms with Gasteiger partial charge in [0.15, 0.2) is 0 Å². The molecule has 0 radical (unpaired) electrons. The van der Waals surface area contributed by atoms with Crippen molar-refractivity contribution in [3.8, 4) is 0 Å². The van der Waals surface area contributed by atoms with E-state index < -0.39 is 4.92 Å². The van der Waals surface area contributed by atoms with Gasteiger partial charge in [-0.15, -0.1) is 0 Å². The average Bonchev–Trinajstić information content (AvgIpc) is 2.37. The van der Waals surface area contributed by atoms with Gasteiger partial charge in [0.1, 0.15) is 5.82 Å². The summed E-state index contributed by atoms with van der Waals surface area (Å²) in [7, 11) is 0. The Morgan fingerprint density at radius 1 is 1.26 bits per heavy atom. The minimum Gasteiger partial charge on any atom is -0.381 e. The van der Waals surface area contributed by atoms with Crippen LogP contribution in [0.4, 0.5) is 15.8 Å². The van der Waals surface area contributed by atoms with Crippen molar-refractivity contribution in [3.05, 3.63) is 69.0 Å². The minimum absolute atomic E-state index is 0.0589. The van der Waals surface area contributed by atoms with Gasteiger partial charge < -0.3 is 5.32 Å².